The number of alkyl halides is 3. The van der Waals surface area contributed by atoms with Crippen LogP contribution in [-0.2, 0) is 16.0 Å². The molecule has 1 heterocycles. The van der Waals surface area contributed by atoms with E-state index in [0.29, 0.717) is 31.4 Å². The summed E-state index contributed by atoms with van der Waals surface area (Å²) in [6, 6.07) is 1.30. The molecule has 0 radical (unpaired) electrons. The van der Waals surface area contributed by atoms with Crippen LogP contribution < -0.4 is 5.73 Å². The highest BCUT2D eigenvalue weighted by atomic mass is 32.2. The van der Waals surface area contributed by atoms with Crippen LogP contribution in [-0.4, -0.2) is 19.4 Å². The Labute approximate surface area is 120 Å². The summed E-state index contributed by atoms with van der Waals surface area (Å²) in [5, 5.41) is -0.919. The van der Waals surface area contributed by atoms with Crippen LogP contribution in [0.2, 0.25) is 0 Å². The molecule has 0 aliphatic carbocycles. The summed E-state index contributed by atoms with van der Waals surface area (Å²) in [5.41, 5.74) is 4.40. The van der Waals surface area contributed by atoms with Crippen molar-refractivity contribution in [3.05, 3.63) is 35.1 Å². The summed E-state index contributed by atoms with van der Waals surface area (Å²) in [7, 11) is -3.43. The lowest BCUT2D eigenvalue weighted by Crippen LogP contribution is -2.38. The lowest BCUT2D eigenvalue weighted by atomic mass is 9.98. The van der Waals surface area contributed by atoms with E-state index in [1.54, 1.807) is 0 Å². The fourth-order valence-corrected chi connectivity index (χ4v) is 4.60. The number of nitrogens with two attached hydrogens (primary N) is 1. The molecular formula is C13H15F4NO2S. The van der Waals surface area contributed by atoms with Crippen molar-refractivity contribution in [3.63, 3.8) is 0 Å². The molecule has 0 aromatic heterocycles. The summed E-state index contributed by atoms with van der Waals surface area (Å²) >= 11 is 0. The van der Waals surface area contributed by atoms with E-state index in [0.717, 1.165) is 6.07 Å². The van der Waals surface area contributed by atoms with Crippen molar-refractivity contribution in [2.45, 2.75) is 36.7 Å². The molecule has 1 aromatic carbocycles. The van der Waals surface area contributed by atoms with Gasteiger partial charge in [-0.15, -0.1) is 0 Å². The number of benzene rings is 1. The summed E-state index contributed by atoms with van der Waals surface area (Å²) in [6.45, 7) is 0. The highest BCUT2D eigenvalue weighted by Gasteiger charge is 2.37. The van der Waals surface area contributed by atoms with Gasteiger partial charge in [0.05, 0.1) is 16.6 Å². The van der Waals surface area contributed by atoms with Gasteiger partial charge in [0.2, 0.25) is 0 Å². The molecule has 3 nitrogen and oxygen atoms in total. The SMILES string of the molecule is NC(c1ccc(F)c(C(F)(F)F)c1)C1CCCCS1(=O)=O. The molecule has 0 amide bonds. The van der Waals surface area contributed by atoms with E-state index >= 15 is 0 Å². The number of halogens is 4. The Morgan fingerprint density at radius 3 is 2.48 bits per heavy atom. The van der Waals surface area contributed by atoms with Crippen LogP contribution in [0.5, 0.6) is 0 Å². The Bertz CT molecular complexity index is 628. The van der Waals surface area contributed by atoms with Gasteiger partial charge < -0.3 is 5.73 Å². The Balaban J connectivity index is 2.38. The second-order valence-electron chi connectivity index (χ2n) is 5.16. The molecule has 1 aliphatic rings. The molecule has 1 aliphatic heterocycles. The first-order chi connectivity index (χ1) is 9.63. The van der Waals surface area contributed by atoms with E-state index in [2.05, 4.69) is 0 Å². The predicted octanol–water partition coefficient (Wildman–Crippen LogP) is 2.81. The maximum absolute atomic E-state index is 13.2. The van der Waals surface area contributed by atoms with Crippen molar-refractivity contribution in [2.75, 3.05) is 5.75 Å². The van der Waals surface area contributed by atoms with Crippen molar-refractivity contribution < 1.29 is 26.0 Å². The van der Waals surface area contributed by atoms with Crippen LogP contribution in [0, 0.1) is 5.82 Å². The van der Waals surface area contributed by atoms with Gasteiger partial charge in [0.1, 0.15) is 5.82 Å². The molecule has 0 bridgehead atoms. The van der Waals surface area contributed by atoms with Crippen LogP contribution in [0.25, 0.3) is 0 Å². The number of hydrogen-bond donors (Lipinski definition) is 1. The van der Waals surface area contributed by atoms with Crippen molar-refractivity contribution >= 4 is 9.84 Å². The maximum Gasteiger partial charge on any atom is 0.419 e. The molecule has 21 heavy (non-hydrogen) atoms. The minimum absolute atomic E-state index is 0.0146. The fourth-order valence-electron chi connectivity index (χ4n) is 2.56. The van der Waals surface area contributed by atoms with Crippen molar-refractivity contribution in [1.29, 1.82) is 0 Å². The zero-order chi connectivity index (χ0) is 15.8. The van der Waals surface area contributed by atoms with Gasteiger partial charge in [0.15, 0.2) is 9.84 Å². The second kappa shape index (κ2) is 5.57. The third-order valence-electron chi connectivity index (χ3n) is 3.71. The van der Waals surface area contributed by atoms with Gasteiger partial charge in [0, 0.05) is 6.04 Å². The topological polar surface area (TPSA) is 60.2 Å². The Morgan fingerprint density at radius 2 is 1.90 bits per heavy atom. The normalized spacial score (nSPS) is 23.8. The number of rotatable bonds is 2. The summed E-state index contributed by atoms with van der Waals surface area (Å²) in [5.74, 6) is -1.41. The summed E-state index contributed by atoms with van der Waals surface area (Å²) in [4.78, 5) is 0. The van der Waals surface area contributed by atoms with Gasteiger partial charge in [-0.2, -0.15) is 13.2 Å². The maximum atomic E-state index is 13.2. The van der Waals surface area contributed by atoms with Gasteiger partial charge >= 0.3 is 6.18 Å². The van der Waals surface area contributed by atoms with Gasteiger partial charge in [-0.25, -0.2) is 12.8 Å². The zero-order valence-electron chi connectivity index (χ0n) is 11.0. The third-order valence-corrected chi connectivity index (χ3v) is 6.02. The molecule has 1 aromatic rings. The molecular weight excluding hydrogens is 310 g/mol. The minimum atomic E-state index is -4.84. The van der Waals surface area contributed by atoms with Crippen LogP contribution in [0.15, 0.2) is 18.2 Å². The average molecular weight is 325 g/mol. The number of hydrogen-bond acceptors (Lipinski definition) is 3. The Kier molecular flexibility index (Phi) is 4.30. The average Bonchev–Trinajstić information content (AvgIpc) is 2.36. The van der Waals surface area contributed by atoms with Crippen molar-refractivity contribution in [3.8, 4) is 0 Å². The van der Waals surface area contributed by atoms with Crippen LogP contribution in [0.4, 0.5) is 17.6 Å². The minimum Gasteiger partial charge on any atom is -0.323 e. The summed E-state index contributed by atoms with van der Waals surface area (Å²) in [6.07, 6.45) is -3.35. The lowest BCUT2D eigenvalue weighted by molar-refractivity contribution is -0.140. The molecule has 2 atom stereocenters. The third kappa shape index (κ3) is 3.37. The monoisotopic (exact) mass is 325 g/mol. The van der Waals surface area contributed by atoms with E-state index in [-0.39, 0.29) is 11.3 Å². The van der Waals surface area contributed by atoms with E-state index in [4.69, 9.17) is 5.73 Å². The standard InChI is InChI=1S/C13H15F4NO2S/c14-10-5-4-8(7-9(10)13(15,16)17)12(18)11-3-1-2-6-21(11,19)20/h4-5,7,11-12H,1-3,6,18H2. The molecule has 2 unspecified atom stereocenters. The van der Waals surface area contributed by atoms with E-state index in [1.807, 2.05) is 0 Å². The van der Waals surface area contributed by atoms with Gasteiger partial charge in [0.25, 0.3) is 0 Å². The number of sulfone groups is 1. The first-order valence-electron chi connectivity index (χ1n) is 6.47. The van der Waals surface area contributed by atoms with E-state index in [1.165, 1.54) is 0 Å². The summed E-state index contributed by atoms with van der Waals surface area (Å²) < 4.78 is 75.2. The smallest absolute Gasteiger partial charge is 0.323 e. The van der Waals surface area contributed by atoms with Gasteiger partial charge in [-0.1, -0.05) is 12.5 Å². The van der Waals surface area contributed by atoms with Gasteiger partial charge in [-0.3, -0.25) is 0 Å². The molecule has 0 spiro atoms. The molecule has 118 valence electrons. The first kappa shape index (κ1) is 16.2. The predicted molar refractivity (Wildman–Crippen MR) is 69.8 cm³/mol. The quantitative estimate of drug-likeness (QED) is 0.851. The largest absolute Gasteiger partial charge is 0.419 e. The Morgan fingerprint density at radius 1 is 1.24 bits per heavy atom. The fraction of sp³-hybridized carbons (Fsp3) is 0.538. The molecule has 2 N–H and O–H groups in total. The molecule has 0 saturated carbocycles. The molecule has 1 saturated heterocycles. The second-order valence-corrected chi connectivity index (χ2v) is 7.50. The first-order valence-corrected chi connectivity index (χ1v) is 8.18. The lowest BCUT2D eigenvalue weighted by Gasteiger charge is -2.28. The van der Waals surface area contributed by atoms with Crippen LogP contribution in [0.1, 0.15) is 36.4 Å². The molecule has 8 heteroatoms. The van der Waals surface area contributed by atoms with E-state index < -0.39 is 38.7 Å². The van der Waals surface area contributed by atoms with Crippen LogP contribution >= 0.6 is 0 Å². The highest BCUT2D eigenvalue weighted by Crippen LogP contribution is 2.35. The highest BCUT2D eigenvalue weighted by molar-refractivity contribution is 7.92. The van der Waals surface area contributed by atoms with E-state index in [9.17, 15) is 26.0 Å². The zero-order valence-corrected chi connectivity index (χ0v) is 11.8. The molecule has 2 rings (SSSR count). The van der Waals surface area contributed by atoms with Crippen molar-refractivity contribution in [1.82, 2.24) is 0 Å². The Hall–Kier alpha value is -1.15. The molecule has 1 fully saturated rings. The van der Waals surface area contributed by atoms with Crippen LogP contribution in [0.3, 0.4) is 0 Å². The van der Waals surface area contributed by atoms with Gasteiger partial charge in [-0.05, 0) is 30.5 Å². The van der Waals surface area contributed by atoms with Crippen molar-refractivity contribution in [2.24, 2.45) is 5.73 Å².